The molecule has 1 rings (SSSR count). The standard InChI is InChI=1S/C25H42O4/c1-3-5-7-9-11-13-15-20-28-23-19-17-18-22(25(26)27)24(23)29-21-16-14-12-10-8-6-4-2/h17-19H,3-16,20-21H2,1-2H3,(H,26,27). The normalized spacial score (nSPS) is 10.8. The van der Waals surface area contributed by atoms with Crippen molar-refractivity contribution in [1.82, 2.24) is 0 Å². The summed E-state index contributed by atoms with van der Waals surface area (Å²) in [5, 5.41) is 9.49. The van der Waals surface area contributed by atoms with Crippen LogP contribution in [0.3, 0.4) is 0 Å². The molecule has 0 aliphatic rings. The molecule has 0 radical (unpaired) electrons. The van der Waals surface area contributed by atoms with Gasteiger partial charge in [-0.1, -0.05) is 97.0 Å². The quantitative estimate of drug-likeness (QED) is 0.240. The number of carboxylic acid groups (broad SMARTS) is 1. The molecule has 0 fully saturated rings. The largest absolute Gasteiger partial charge is 0.490 e. The van der Waals surface area contributed by atoms with Gasteiger partial charge >= 0.3 is 5.97 Å². The maximum Gasteiger partial charge on any atom is 0.339 e. The summed E-state index contributed by atoms with van der Waals surface area (Å²) in [6.45, 7) is 5.59. The topological polar surface area (TPSA) is 55.8 Å². The van der Waals surface area contributed by atoms with Gasteiger partial charge in [-0.25, -0.2) is 4.79 Å². The van der Waals surface area contributed by atoms with Gasteiger partial charge in [0.1, 0.15) is 5.56 Å². The van der Waals surface area contributed by atoms with E-state index in [2.05, 4.69) is 13.8 Å². The lowest BCUT2D eigenvalue weighted by Crippen LogP contribution is -2.08. The van der Waals surface area contributed by atoms with E-state index in [-0.39, 0.29) is 5.56 Å². The van der Waals surface area contributed by atoms with Gasteiger partial charge in [-0.15, -0.1) is 0 Å². The Morgan fingerprint density at radius 3 is 1.72 bits per heavy atom. The van der Waals surface area contributed by atoms with Crippen LogP contribution in [0.1, 0.15) is 114 Å². The van der Waals surface area contributed by atoms with Crippen molar-refractivity contribution in [1.29, 1.82) is 0 Å². The van der Waals surface area contributed by atoms with Crippen molar-refractivity contribution in [2.75, 3.05) is 13.2 Å². The first-order chi connectivity index (χ1) is 14.2. The lowest BCUT2D eigenvalue weighted by atomic mass is 10.1. The van der Waals surface area contributed by atoms with Gasteiger partial charge in [-0.2, -0.15) is 0 Å². The number of carboxylic acids is 1. The number of para-hydroxylation sites is 1. The number of benzene rings is 1. The van der Waals surface area contributed by atoms with Crippen LogP contribution in [0.15, 0.2) is 18.2 Å². The van der Waals surface area contributed by atoms with E-state index in [4.69, 9.17) is 9.47 Å². The summed E-state index contributed by atoms with van der Waals surface area (Å²) < 4.78 is 11.8. The second-order valence-corrected chi connectivity index (χ2v) is 7.88. The summed E-state index contributed by atoms with van der Waals surface area (Å²) in [7, 11) is 0. The van der Waals surface area contributed by atoms with E-state index < -0.39 is 5.97 Å². The van der Waals surface area contributed by atoms with Crippen molar-refractivity contribution in [3.05, 3.63) is 23.8 Å². The smallest absolute Gasteiger partial charge is 0.339 e. The molecule has 4 heteroatoms. The van der Waals surface area contributed by atoms with E-state index in [0.717, 1.165) is 25.7 Å². The van der Waals surface area contributed by atoms with E-state index in [1.165, 1.54) is 64.2 Å². The molecule has 4 nitrogen and oxygen atoms in total. The molecule has 0 bridgehead atoms. The third kappa shape index (κ3) is 11.8. The molecule has 0 spiro atoms. The minimum absolute atomic E-state index is 0.185. The highest BCUT2D eigenvalue weighted by Gasteiger charge is 2.16. The van der Waals surface area contributed by atoms with E-state index in [1.54, 1.807) is 12.1 Å². The molecule has 0 amide bonds. The van der Waals surface area contributed by atoms with Gasteiger partial charge in [0.05, 0.1) is 13.2 Å². The highest BCUT2D eigenvalue weighted by atomic mass is 16.5. The summed E-state index contributed by atoms with van der Waals surface area (Å²) in [5.74, 6) is -0.0336. The summed E-state index contributed by atoms with van der Waals surface area (Å²) in [5.41, 5.74) is 0.185. The fraction of sp³-hybridized carbons (Fsp3) is 0.720. The summed E-state index contributed by atoms with van der Waals surface area (Å²) in [6, 6.07) is 5.13. The Kier molecular flexibility index (Phi) is 15.0. The molecule has 0 aliphatic carbocycles. The lowest BCUT2D eigenvalue weighted by molar-refractivity contribution is 0.0691. The Morgan fingerprint density at radius 2 is 1.21 bits per heavy atom. The van der Waals surface area contributed by atoms with Gasteiger partial charge in [-0.3, -0.25) is 0 Å². The maximum absolute atomic E-state index is 11.6. The van der Waals surface area contributed by atoms with Gasteiger partial charge in [-0.05, 0) is 25.0 Å². The summed E-state index contributed by atoms with van der Waals surface area (Å²) in [6.07, 6.45) is 17.0. The van der Waals surface area contributed by atoms with E-state index in [9.17, 15) is 9.90 Å². The summed E-state index contributed by atoms with van der Waals surface area (Å²) >= 11 is 0. The Morgan fingerprint density at radius 1 is 0.724 bits per heavy atom. The molecule has 166 valence electrons. The predicted molar refractivity (Wildman–Crippen MR) is 120 cm³/mol. The zero-order valence-electron chi connectivity index (χ0n) is 18.7. The minimum Gasteiger partial charge on any atom is -0.490 e. The molecule has 0 aromatic heterocycles. The molecule has 0 atom stereocenters. The van der Waals surface area contributed by atoms with Crippen LogP contribution in [-0.4, -0.2) is 24.3 Å². The van der Waals surface area contributed by atoms with Crippen molar-refractivity contribution < 1.29 is 19.4 Å². The highest BCUT2D eigenvalue weighted by molar-refractivity contribution is 5.92. The highest BCUT2D eigenvalue weighted by Crippen LogP contribution is 2.32. The molecule has 0 heterocycles. The van der Waals surface area contributed by atoms with Crippen LogP contribution in [0.4, 0.5) is 0 Å². The molecule has 0 unspecified atom stereocenters. The zero-order valence-corrected chi connectivity index (χ0v) is 18.7. The lowest BCUT2D eigenvalue weighted by Gasteiger charge is -2.15. The van der Waals surface area contributed by atoms with E-state index >= 15 is 0 Å². The maximum atomic E-state index is 11.6. The number of unbranched alkanes of at least 4 members (excludes halogenated alkanes) is 12. The van der Waals surface area contributed by atoms with E-state index in [1.807, 2.05) is 6.07 Å². The molecular formula is C25H42O4. The molecular weight excluding hydrogens is 364 g/mol. The minimum atomic E-state index is -0.971. The number of aromatic carboxylic acids is 1. The van der Waals surface area contributed by atoms with Crippen molar-refractivity contribution in [3.63, 3.8) is 0 Å². The first kappa shape index (κ1) is 25.3. The molecule has 0 saturated heterocycles. The van der Waals surface area contributed by atoms with Crippen molar-refractivity contribution >= 4 is 5.97 Å². The molecule has 1 aromatic carbocycles. The molecule has 1 aromatic rings. The Bertz CT molecular complexity index is 542. The van der Waals surface area contributed by atoms with Gasteiger partial charge in [0, 0.05) is 0 Å². The Hall–Kier alpha value is -1.71. The number of rotatable bonds is 19. The van der Waals surface area contributed by atoms with Gasteiger partial charge in [0.25, 0.3) is 0 Å². The third-order valence-electron chi connectivity index (χ3n) is 5.21. The van der Waals surface area contributed by atoms with Crippen LogP contribution in [-0.2, 0) is 0 Å². The second kappa shape index (κ2) is 17.2. The van der Waals surface area contributed by atoms with E-state index in [0.29, 0.717) is 24.7 Å². The van der Waals surface area contributed by atoms with Crippen LogP contribution >= 0.6 is 0 Å². The van der Waals surface area contributed by atoms with Crippen molar-refractivity contribution in [3.8, 4) is 11.5 Å². The molecule has 1 N–H and O–H groups in total. The number of hydrogen-bond donors (Lipinski definition) is 1. The SMILES string of the molecule is CCCCCCCCCOc1cccc(C(=O)O)c1OCCCCCCCCC. The van der Waals surface area contributed by atoms with Crippen molar-refractivity contribution in [2.45, 2.75) is 104 Å². The second-order valence-electron chi connectivity index (χ2n) is 7.88. The van der Waals surface area contributed by atoms with Crippen LogP contribution in [0.25, 0.3) is 0 Å². The first-order valence-corrected chi connectivity index (χ1v) is 11.8. The van der Waals surface area contributed by atoms with Gasteiger partial charge < -0.3 is 14.6 Å². The third-order valence-corrected chi connectivity index (χ3v) is 5.21. The zero-order chi connectivity index (χ0) is 21.2. The van der Waals surface area contributed by atoms with Crippen LogP contribution in [0.5, 0.6) is 11.5 Å². The van der Waals surface area contributed by atoms with Crippen LogP contribution in [0.2, 0.25) is 0 Å². The average Bonchev–Trinajstić information content (AvgIpc) is 2.72. The Labute approximate surface area is 178 Å². The molecule has 29 heavy (non-hydrogen) atoms. The number of ether oxygens (including phenoxy) is 2. The van der Waals surface area contributed by atoms with Gasteiger partial charge in [0.15, 0.2) is 11.5 Å². The molecule has 0 saturated carbocycles. The van der Waals surface area contributed by atoms with Crippen LogP contribution in [0, 0.1) is 0 Å². The first-order valence-electron chi connectivity index (χ1n) is 11.8. The monoisotopic (exact) mass is 406 g/mol. The fourth-order valence-electron chi connectivity index (χ4n) is 3.42. The van der Waals surface area contributed by atoms with Crippen LogP contribution < -0.4 is 9.47 Å². The van der Waals surface area contributed by atoms with Gasteiger partial charge in [0.2, 0.25) is 0 Å². The van der Waals surface area contributed by atoms with Crippen molar-refractivity contribution in [2.24, 2.45) is 0 Å². The molecule has 0 aliphatic heterocycles. The number of carbonyl (C=O) groups is 1. The fourth-order valence-corrected chi connectivity index (χ4v) is 3.42. The number of hydrogen-bond acceptors (Lipinski definition) is 3. The Balaban J connectivity index is 2.39. The summed E-state index contributed by atoms with van der Waals surface area (Å²) in [4.78, 5) is 11.6. The average molecular weight is 407 g/mol. The predicted octanol–water partition coefficient (Wildman–Crippen LogP) is 7.64.